The SMILES string of the molecule is O=C(COC[C@H]1CCCCO1)NCc1cn[nH]c1-c1cccs1. The number of ether oxygens (including phenoxy) is 2. The Balaban J connectivity index is 1.40. The van der Waals surface area contributed by atoms with E-state index < -0.39 is 0 Å². The highest BCUT2D eigenvalue weighted by atomic mass is 32.1. The lowest BCUT2D eigenvalue weighted by Crippen LogP contribution is -2.30. The maximum absolute atomic E-state index is 11.9. The molecule has 0 saturated carbocycles. The molecule has 7 heteroatoms. The molecule has 3 rings (SSSR count). The minimum absolute atomic E-state index is 0.0616. The van der Waals surface area contributed by atoms with Gasteiger partial charge in [-0.1, -0.05) is 6.07 Å². The van der Waals surface area contributed by atoms with Gasteiger partial charge in [0.15, 0.2) is 0 Å². The average molecular weight is 335 g/mol. The molecule has 1 saturated heterocycles. The first-order chi connectivity index (χ1) is 11.3. The molecule has 2 aromatic rings. The van der Waals surface area contributed by atoms with Crippen molar-refractivity contribution in [3.63, 3.8) is 0 Å². The van der Waals surface area contributed by atoms with Crippen molar-refractivity contribution in [2.45, 2.75) is 31.9 Å². The second kappa shape index (κ2) is 8.24. The van der Waals surface area contributed by atoms with Crippen molar-refractivity contribution in [3.05, 3.63) is 29.3 Å². The minimum Gasteiger partial charge on any atom is -0.376 e. The number of aromatic amines is 1. The molecular weight excluding hydrogens is 314 g/mol. The summed E-state index contributed by atoms with van der Waals surface area (Å²) in [5, 5.41) is 11.9. The van der Waals surface area contributed by atoms with Gasteiger partial charge in [0.1, 0.15) is 6.61 Å². The van der Waals surface area contributed by atoms with Crippen LogP contribution in [-0.2, 0) is 20.8 Å². The molecule has 23 heavy (non-hydrogen) atoms. The highest BCUT2D eigenvalue weighted by Crippen LogP contribution is 2.25. The average Bonchev–Trinajstić information content (AvgIpc) is 3.25. The Bertz CT molecular complexity index is 606. The predicted octanol–water partition coefficient (Wildman–Crippen LogP) is 2.34. The molecule has 0 aromatic carbocycles. The zero-order valence-electron chi connectivity index (χ0n) is 12.9. The first-order valence-corrected chi connectivity index (χ1v) is 8.73. The van der Waals surface area contributed by atoms with Gasteiger partial charge < -0.3 is 14.8 Å². The summed E-state index contributed by atoms with van der Waals surface area (Å²) in [7, 11) is 0. The first-order valence-electron chi connectivity index (χ1n) is 7.85. The van der Waals surface area contributed by atoms with E-state index in [0.29, 0.717) is 13.2 Å². The fraction of sp³-hybridized carbons (Fsp3) is 0.500. The van der Waals surface area contributed by atoms with Gasteiger partial charge >= 0.3 is 0 Å². The van der Waals surface area contributed by atoms with E-state index in [9.17, 15) is 4.79 Å². The Morgan fingerprint density at radius 1 is 1.52 bits per heavy atom. The van der Waals surface area contributed by atoms with Crippen molar-refractivity contribution in [2.75, 3.05) is 19.8 Å². The van der Waals surface area contributed by atoms with Gasteiger partial charge in [-0.05, 0) is 30.7 Å². The Hall–Kier alpha value is -1.70. The molecular formula is C16H21N3O3S. The van der Waals surface area contributed by atoms with Gasteiger partial charge in [-0.2, -0.15) is 5.10 Å². The number of hydrogen-bond donors (Lipinski definition) is 2. The number of carbonyl (C=O) groups excluding carboxylic acids is 1. The molecule has 0 spiro atoms. The van der Waals surface area contributed by atoms with Crippen LogP contribution in [0.5, 0.6) is 0 Å². The highest BCUT2D eigenvalue weighted by molar-refractivity contribution is 7.13. The van der Waals surface area contributed by atoms with Crippen LogP contribution in [0.2, 0.25) is 0 Å². The normalized spacial score (nSPS) is 18.0. The summed E-state index contributed by atoms with van der Waals surface area (Å²) in [6.45, 7) is 1.78. The molecule has 0 bridgehead atoms. The van der Waals surface area contributed by atoms with E-state index in [1.54, 1.807) is 17.5 Å². The van der Waals surface area contributed by atoms with Crippen molar-refractivity contribution in [3.8, 4) is 10.6 Å². The van der Waals surface area contributed by atoms with Gasteiger partial charge in [0.05, 0.1) is 29.5 Å². The summed E-state index contributed by atoms with van der Waals surface area (Å²) < 4.78 is 11.0. The van der Waals surface area contributed by atoms with Crippen molar-refractivity contribution in [1.82, 2.24) is 15.5 Å². The van der Waals surface area contributed by atoms with Crippen LogP contribution in [-0.4, -0.2) is 42.0 Å². The van der Waals surface area contributed by atoms with Crippen LogP contribution in [0, 0.1) is 0 Å². The van der Waals surface area contributed by atoms with Crippen molar-refractivity contribution >= 4 is 17.2 Å². The highest BCUT2D eigenvalue weighted by Gasteiger charge is 2.15. The largest absolute Gasteiger partial charge is 0.376 e. The molecule has 1 aliphatic heterocycles. The van der Waals surface area contributed by atoms with Gasteiger partial charge in [0.2, 0.25) is 5.91 Å². The fourth-order valence-corrected chi connectivity index (χ4v) is 3.30. The maximum atomic E-state index is 11.9. The summed E-state index contributed by atoms with van der Waals surface area (Å²) in [5.41, 5.74) is 1.92. The van der Waals surface area contributed by atoms with Crippen LogP contribution < -0.4 is 5.32 Å². The van der Waals surface area contributed by atoms with E-state index in [1.165, 1.54) is 6.42 Å². The van der Waals surface area contributed by atoms with Crippen LogP contribution in [0.25, 0.3) is 10.6 Å². The molecule has 2 aromatic heterocycles. The zero-order valence-corrected chi connectivity index (χ0v) is 13.7. The number of hydrogen-bond acceptors (Lipinski definition) is 5. The molecule has 2 N–H and O–H groups in total. The number of nitrogens with zero attached hydrogens (tertiary/aromatic N) is 1. The van der Waals surface area contributed by atoms with E-state index in [4.69, 9.17) is 9.47 Å². The third-order valence-corrected chi connectivity index (χ3v) is 4.66. The predicted molar refractivity (Wildman–Crippen MR) is 88.2 cm³/mol. The molecule has 1 fully saturated rings. The summed E-state index contributed by atoms with van der Waals surface area (Å²) in [4.78, 5) is 13.0. The molecule has 0 unspecified atom stereocenters. The molecule has 3 heterocycles. The fourth-order valence-electron chi connectivity index (χ4n) is 2.55. The van der Waals surface area contributed by atoms with E-state index in [-0.39, 0.29) is 18.6 Å². The molecule has 1 atom stereocenters. The van der Waals surface area contributed by atoms with Crippen LogP contribution in [0.4, 0.5) is 0 Å². The van der Waals surface area contributed by atoms with Gasteiger partial charge in [0, 0.05) is 18.7 Å². The number of aromatic nitrogens is 2. The quantitative estimate of drug-likeness (QED) is 0.814. The molecule has 0 aliphatic carbocycles. The number of H-pyrrole nitrogens is 1. The van der Waals surface area contributed by atoms with Gasteiger partial charge in [-0.15, -0.1) is 11.3 Å². The lowest BCUT2D eigenvalue weighted by atomic mass is 10.1. The monoisotopic (exact) mass is 335 g/mol. The molecule has 0 radical (unpaired) electrons. The molecule has 124 valence electrons. The zero-order chi connectivity index (χ0) is 15.9. The lowest BCUT2D eigenvalue weighted by molar-refractivity contribution is -0.128. The Morgan fingerprint density at radius 3 is 3.26 bits per heavy atom. The second-order valence-electron chi connectivity index (χ2n) is 5.53. The van der Waals surface area contributed by atoms with Crippen molar-refractivity contribution < 1.29 is 14.3 Å². The maximum Gasteiger partial charge on any atom is 0.246 e. The summed E-state index contributed by atoms with van der Waals surface area (Å²) in [6.07, 6.45) is 5.18. The van der Waals surface area contributed by atoms with Crippen LogP contribution in [0.15, 0.2) is 23.7 Å². The van der Waals surface area contributed by atoms with E-state index in [1.807, 2.05) is 17.5 Å². The lowest BCUT2D eigenvalue weighted by Gasteiger charge is -2.22. The van der Waals surface area contributed by atoms with Crippen molar-refractivity contribution in [2.24, 2.45) is 0 Å². The third kappa shape index (κ3) is 4.63. The van der Waals surface area contributed by atoms with Crippen LogP contribution in [0.1, 0.15) is 24.8 Å². The first kappa shape index (κ1) is 16.2. The van der Waals surface area contributed by atoms with E-state index >= 15 is 0 Å². The van der Waals surface area contributed by atoms with Crippen molar-refractivity contribution in [1.29, 1.82) is 0 Å². The number of nitrogens with one attached hydrogen (secondary N) is 2. The smallest absolute Gasteiger partial charge is 0.246 e. The number of rotatable bonds is 7. The number of amides is 1. The Kier molecular flexibility index (Phi) is 5.79. The number of carbonyl (C=O) groups is 1. The molecule has 1 amide bonds. The molecule has 1 aliphatic rings. The summed E-state index contributed by atoms with van der Waals surface area (Å²) in [6, 6.07) is 4.02. The summed E-state index contributed by atoms with van der Waals surface area (Å²) in [5.74, 6) is -0.126. The van der Waals surface area contributed by atoms with Gasteiger partial charge in [0.25, 0.3) is 0 Å². The molecule has 6 nitrogen and oxygen atoms in total. The van der Waals surface area contributed by atoms with E-state index in [2.05, 4.69) is 15.5 Å². The van der Waals surface area contributed by atoms with Crippen LogP contribution >= 0.6 is 11.3 Å². The minimum atomic E-state index is -0.126. The summed E-state index contributed by atoms with van der Waals surface area (Å²) >= 11 is 1.64. The standard InChI is InChI=1S/C16H21N3O3S/c20-15(11-21-10-13-4-1-2-6-22-13)17-8-12-9-18-19-16(12)14-5-3-7-23-14/h3,5,7,9,13H,1-2,4,6,8,10-11H2,(H,17,20)(H,18,19)/t13-/m1/s1. The van der Waals surface area contributed by atoms with Gasteiger partial charge in [-0.3, -0.25) is 9.89 Å². The third-order valence-electron chi connectivity index (χ3n) is 3.77. The second-order valence-corrected chi connectivity index (χ2v) is 6.48. The topological polar surface area (TPSA) is 76.2 Å². The Labute approximate surface area is 139 Å². The van der Waals surface area contributed by atoms with Crippen LogP contribution in [0.3, 0.4) is 0 Å². The van der Waals surface area contributed by atoms with E-state index in [0.717, 1.165) is 35.6 Å². The Morgan fingerprint density at radius 2 is 2.48 bits per heavy atom. The van der Waals surface area contributed by atoms with Gasteiger partial charge in [-0.25, -0.2) is 0 Å². The number of thiophene rings is 1.